The second kappa shape index (κ2) is 6.73. The average molecular weight is 280 g/mol. The maximum absolute atomic E-state index is 12.8. The van der Waals surface area contributed by atoms with Crippen LogP contribution in [-0.2, 0) is 5.75 Å². The summed E-state index contributed by atoms with van der Waals surface area (Å²) in [6.45, 7) is 2.24. The third kappa shape index (κ3) is 4.08. The van der Waals surface area contributed by atoms with E-state index in [0.29, 0.717) is 5.92 Å². The van der Waals surface area contributed by atoms with Crippen molar-refractivity contribution in [1.29, 1.82) is 0 Å². The Balaban J connectivity index is 1.93. The van der Waals surface area contributed by atoms with Crippen molar-refractivity contribution in [3.63, 3.8) is 0 Å². The van der Waals surface area contributed by atoms with Crippen LogP contribution >= 0.6 is 11.8 Å². The summed E-state index contributed by atoms with van der Waals surface area (Å²) in [4.78, 5) is 0. The molecule has 1 atom stereocenters. The number of nitrogens with zero attached hydrogens (tertiary/aromatic N) is 2. The lowest BCUT2D eigenvalue weighted by Gasteiger charge is -2.05. The van der Waals surface area contributed by atoms with Gasteiger partial charge in [-0.3, -0.25) is 0 Å². The first-order chi connectivity index (χ1) is 9.19. The first-order valence-corrected chi connectivity index (χ1v) is 7.33. The molecule has 1 heterocycles. The molecule has 2 aromatic rings. The Kier molecular flexibility index (Phi) is 4.99. The van der Waals surface area contributed by atoms with Crippen molar-refractivity contribution < 1.29 is 9.50 Å². The van der Waals surface area contributed by atoms with Crippen LogP contribution in [0.15, 0.2) is 36.5 Å². The van der Waals surface area contributed by atoms with E-state index in [4.69, 9.17) is 5.11 Å². The maximum Gasteiger partial charge on any atom is 0.123 e. The van der Waals surface area contributed by atoms with Gasteiger partial charge in [-0.05, 0) is 42.0 Å². The fraction of sp³-hybridized carbons (Fsp3) is 0.357. The highest BCUT2D eigenvalue weighted by molar-refractivity contribution is 7.98. The van der Waals surface area contributed by atoms with Crippen molar-refractivity contribution in [2.24, 2.45) is 5.92 Å². The summed E-state index contributed by atoms with van der Waals surface area (Å²) in [7, 11) is 0. The molecule has 0 aliphatic carbocycles. The lowest BCUT2D eigenvalue weighted by molar-refractivity contribution is 0.250. The highest BCUT2D eigenvalue weighted by Gasteiger charge is 2.04. The number of thioether (sulfide) groups is 1. The van der Waals surface area contributed by atoms with Crippen LogP contribution in [0.4, 0.5) is 4.39 Å². The summed E-state index contributed by atoms with van der Waals surface area (Å²) in [5, 5.41) is 13.4. The van der Waals surface area contributed by atoms with E-state index in [0.717, 1.165) is 22.9 Å². The van der Waals surface area contributed by atoms with Crippen molar-refractivity contribution >= 4 is 11.8 Å². The highest BCUT2D eigenvalue weighted by atomic mass is 32.2. The SMILES string of the molecule is CC(CO)CSCc1ccn(-c2ccc(F)cc2)n1. The molecule has 1 unspecified atom stereocenters. The molecule has 0 bridgehead atoms. The lowest BCUT2D eigenvalue weighted by atomic mass is 10.2. The normalized spacial score (nSPS) is 12.6. The van der Waals surface area contributed by atoms with Gasteiger partial charge in [0.15, 0.2) is 0 Å². The minimum atomic E-state index is -0.246. The topological polar surface area (TPSA) is 38.0 Å². The van der Waals surface area contributed by atoms with Gasteiger partial charge in [0.25, 0.3) is 0 Å². The van der Waals surface area contributed by atoms with Crippen LogP contribution in [0.5, 0.6) is 0 Å². The number of hydrogen-bond acceptors (Lipinski definition) is 3. The lowest BCUT2D eigenvalue weighted by Crippen LogP contribution is -2.03. The molecule has 5 heteroatoms. The zero-order valence-electron chi connectivity index (χ0n) is 10.8. The van der Waals surface area contributed by atoms with Crippen LogP contribution < -0.4 is 0 Å². The summed E-state index contributed by atoms with van der Waals surface area (Å²) in [5.74, 6) is 1.80. The van der Waals surface area contributed by atoms with Gasteiger partial charge >= 0.3 is 0 Å². The number of rotatable bonds is 6. The van der Waals surface area contributed by atoms with E-state index in [1.807, 2.05) is 19.2 Å². The fourth-order valence-corrected chi connectivity index (χ4v) is 2.58. The van der Waals surface area contributed by atoms with Crippen LogP contribution in [0, 0.1) is 11.7 Å². The Bertz CT molecular complexity index is 512. The van der Waals surface area contributed by atoms with Gasteiger partial charge in [-0.15, -0.1) is 0 Å². The van der Waals surface area contributed by atoms with Crippen LogP contribution in [-0.4, -0.2) is 27.2 Å². The first-order valence-electron chi connectivity index (χ1n) is 6.18. The van der Waals surface area contributed by atoms with Crippen molar-refractivity contribution in [2.75, 3.05) is 12.4 Å². The molecule has 0 saturated carbocycles. The predicted molar refractivity (Wildman–Crippen MR) is 75.9 cm³/mol. The molecule has 1 N–H and O–H groups in total. The van der Waals surface area contributed by atoms with Gasteiger partial charge in [0.2, 0.25) is 0 Å². The molecule has 0 amide bonds. The Morgan fingerprint density at radius 1 is 1.32 bits per heavy atom. The third-order valence-corrected chi connectivity index (χ3v) is 4.00. The van der Waals surface area contributed by atoms with E-state index in [1.165, 1.54) is 12.1 Å². The van der Waals surface area contributed by atoms with E-state index in [-0.39, 0.29) is 12.4 Å². The summed E-state index contributed by atoms with van der Waals surface area (Å²) in [6, 6.07) is 8.21. The van der Waals surface area contributed by atoms with Crippen molar-refractivity contribution in [3.05, 3.63) is 48.0 Å². The predicted octanol–water partition coefficient (Wildman–Crippen LogP) is 2.87. The Morgan fingerprint density at radius 2 is 2.05 bits per heavy atom. The number of benzene rings is 1. The van der Waals surface area contributed by atoms with Crippen molar-refractivity contribution in [2.45, 2.75) is 12.7 Å². The van der Waals surface area contributed by atoms with Crippen LogP contribution in [0.2, 0.25) is 0 Å². The number of hydrogen-bond donors (Lipinski definition) is 1. The van der Waals surface area contributed by atoms with Gasteiger partial charge < -0.3 is 5.11 Å². The second-order valence-corrected chi connectivity index (χ2v) is 5.56. The molecule has 1 aromatic carbocycles. The molecule has 3 nitrogen and oxygen atoms in total. The van der Waals surface area contributed by atoms with E-state index in [1.54, 1.807) is 28.6 Å². The molecule has 0 aliphatic rings. The summed E-state index contributed by atoms with van der Waals surface area (Å²) >= 11 is 1.75. The molecule has 0 spiro atoms. The molecule has 2 rings (SSSR count). The molecule has 0 fully saturated rings. The average Bonchev–Trinajstić information content (AvgIpc) is 2.88. The van der Waals surface area contributed by atoms with E-state index in [2.05, 4.69) is 5.10 Å². The van der Waals surface area contributed by atoms with Gasteiger partial charge in [-0.1, -0.05) is 6.92 Å². The van der Waals surface area contributed by atoms with E-state index >= 15 is 0 Å². The molecular weight excluding hydrogens is 263 g/mol. The molecule has 19 heavy (non-hydrogen) atoms. The van der Waals surface area contributed by atoms with Crippen LogP contribution in [0.25, 0.3) is 5.69 Å². The Morgan fingerprint density at radius 3 is 2.74 bits per heavy atom. The zero-order chi connectivity index (χ0) is 13.7. The molecular formula is C14H17FN2OS. The highest BCUT2D eigenvalue weighted by Crippen LogP contribution is 2.15. The summed E-state index contributed by atoms with van der Waals surface area (Å²) in [5.41, 5.74) is 1.83. The van der Waals surface area contributed by atoms with Gasteiger partial charge in [-0.2, -0.15) is 16.9 Å². The number of aromatic nitrogens is 2. The van der Waals surface area contributed by atoms with E-state index < -0.39 is 0 Å². The summed E-state index contributed by atoms with van der Waals surface area (Å²) < 4.78 is 14.6. The molecule has 102 valence electrons. The Labute approximate surface area is 116 Å². The number of aliphatic hydroxyl groups is 1. The second-order valence-electron chi connectivity index (χ2n) is 4.53. The minimum Gasteiger partial charge on any atom is -0.396 e. The monoisotopic (exact) mass is 280 g/mol. The fourth-order valence-electron chi connectivity index (χ4n) is 1.59. The Hall–Kier alpha value is -1.33. The largest absolute Gasteiger partial charge is 0.396 e. The number of aliphatic hydroxyl groups excluding tert-OH is 1. The molecule has 1 aromatic heterocycles. The molecule has 0 saturated heterocycles. The van der Waals surface area contributed by atoms with E-state index in [9.17, 15) is 4.39 Å². The zero-order valence-corrected chi connectivity index (χ0v) is 11.6. The van der Waals surface area contributed by atoms with Gasteiger partial charge in [0.05, 0.1) is 11.4 Å². The first kappa shape index (κ1) is 14.1. The van der Waals surface area contributed by atoms with Crippen LogP contribution in [0.1, 0.15) is 12.6 Å². The van der Waals surface area contributed by atoms with Gasteiger partial charge in [0, 0.05) is 18.6 Å². The minimum absolute atomic E-state index is 0.219. The quantitative estimate of drug-likeness (QED) is 0.884. The van der Waals surface area contributed by atoms with Gasteiger partial charge in [0.1, 0.15) is 5.82 Å². The van der Waals surface area contributed by atoms with Crippen molar-refractivity contribution in [3.8, 4) is 5.69 Å². The van der Waals surface area contributed by atoms with Crippen LogP contribution in [0.3, 0.4) is 0 Å². The van der Waals surface area contributed by atoms with Gasteiger partial charge in [-0.25, -0.2) is 9.07 Å². The summed E-state index contributed by atoms with van der Waals surface area (Å²) in [6.07, 6.45) is 1.87. The van der Waals surface area contributed by atoms with Crippen molar-refractivity contribution in [1.82, 2.24) is 9.78 Å². The third-order valence-electron chi connectivity index (χ3n) is 2.70. The molecule has 0 aliphatic heterocycles. The smallest absolute Gasteiger partial charge is 0.123 e. The number of halogens is 1. The maximum atomic E-state index is 12.8. The molecule has 0 radical (unpaired) electrons. The standard InChI is InChI=1S/C14H17FN2OS/c1-11(8-18)9-19-10-13-6-7-17(16-13)14-4-2-12(15)3-5-14/h2-7,11,18H,8-10H2,1H3.